The Hall–Kier alpha value is -2.33. The maximum atomic E-state index is 10.4. The van der Waals surface area contributed by atoms with Gasteiger partial charge in [0.2, 0.25) is 5.95 Å². The molecule has 0 spiro atoms. The lowest BCUT2D eigenvalue weighted by atomic mass is 10.1. The molecule has 28 heavy (non-hydrogen) atoms. The molecule has 4 atom stereocenters. The largest absolute Gasteiger partial charge is 0.396 e. The summed E-state index contributed by atoms with van der Waals surface area (Å²) in [5.74, 6) is 0.632. The Morgan fingerprint density at radius 1 is 1.14 bits per heavy atom. The summed E-state index contributed by atoms with van der Waals surface area (Å²) in [6.07, 6.45) is -1.52. The van der Waals surface area contributed by atoms with E-state index in [0.717, 1.165) is 26.5 Å². The van der Waals surface area contributed by atoms with Gasteiger partial charge in [-0.05, 0) is 25.5 Å². The molecule has 0 radical (unpaired) electrons. The first-order valence-corrected chi connectivity index (χ1v) is 9.99. The zero-order valence-corrected chi connectivity index (χ0v) is 16.4. The maximum absolute atomic E-state index is 10.4. The summed E-state index contributed by atoms with van der Waals surface area (Å²) >= 11 is 1.55. The molecule has 1 saturated carbocycles. The first kappa shape index (κ1) is 19.0. The molecule has 9 heteroatoms. The van der Waals surface area contributed by atoms with Crippen LogP contribution in [-0.4, -0.2) is 62.2 Å². The Morgan fingerprint density at radius 3 is 2.61 bits per heavy atom. The standard InChI is InChI=1S/C19H23N5O3S/c1-9-14(18-23-11-5-3-4-6-13(11)28-18)17(24-19(20-2)21-9)22-12-7-10(8-25)15(26)16(12)27/h3-6,10,12,15-16,25-27H,7-8H2,1-2H3,(H2,20,21,22,24)/t10-,12-,15-,16-/m1/s1. The molecule has 8 nitrogen and oxygen atoms in total. The lowest BCUT2D eigenvalue weighted by Crippen LogP contribution is -2.35. The molecule has 1 aliphatic carbocycles. The summed E-state index contributed by atoms with van der Waals surface area (Å²) in [6, 6.07) is 7.47. The number of hydrogen-bond acceptors (Lipinski definition) is 9. The highest BCUT2D eigenvalue weighted by atomic mass is 32.1. The topological polar surface area (TPSA) is 123 Å². The number of nitrogens with one attached hydrogen (secondary N) is 2. The predicted molar refractivity (Wildman–Crippen MR) is 110 cm³/mol. The Balaban J connectivity index is 1.76. The lowest BCUT2D eigenvalue weighted by Gasteiger charge is -2.21. The molecule has 0 unspecified atom stereocenters. The molecular weight excluding hydrogens is 378 g/mol. The number of anilines is 2. The van der Waals surface area contributed by atoms with Crippen LogP contribution in [0.5, 0.6) is 0 Å². The van der Waals surface area contributed by atoms with Crippen LogP contribution in [0.2, 0.25) is 0 Å². The first-order chi connectivity index (χ1) is 13.5. The van der Waals surface area contributed by atoms with Crippen LogP contribution in [0, 0.1) is 12.8 Å². The molecule has 0 amide bonds. The Bertz CT molecular complexity index is 962. The van der Waals surface area contributed by atoms with Gasteiger partial charge in [0.15, 0.2) is 0 Å². The third-order valence-electron chi connectivity index (χ3n) is 5.18. The van der Waals surface area contributed by atoms with Crippen LogP contribution < -0.4 is 10.6 Å². The number of aromatic nitrogens is 3. The molecular formula is C19H23N5O3S. The van der Waals surface area contributed by atoms with E-state index < -0.39 is 18.2 Å². The number of thiazole rings is 1. The summed E-state index contributed by atoms with van der Waals surface area (Å²) < 4.78 is 1.07. The fourth-order valence-corrected chi connectivity index (χ4v) is 4.71. The van der Waals surface area contributed by atoms with Gasteiger partial charge < -0.3 is 26.0 Å². The van der Waals surface area contributed by atoms with Crippen molar-refractivity contribution in [1.82, 2.24) is 15.0 Å². The van der Waals surface area contributed by atoms with Crippen LogP contribution in [0.25, 0.3) is 20.8 Å². The van der Waals surface area contributed by atoms with E-state index in [0.29, 0.717) is 18.2 Å². The SMILES string of the molecule is CNc1nc(C)c(-c2nc3ccccc3s2)c(N[C@@H]2C[C@H](CO)[C@@H](O)[C@@H]2O)n1. The summed E-state index contributed by atoms with van der Waals surface area (Å²) in [5.41, 5.74) is 2.43. The molecule has 0 saturated heterocycles. The van der Waals surface area contributed by atoms with Gasteiger partial charge in [-0.15, -0.1) is 11.3 Å². The molecule has 0 aliphatic heterocycles. The van der Waals surface area contributed by atoms with Gasteiger partial charge in [0.25, 0.3) is 0 Å². The Kier molecular flexibility index (Phi) is 5.15. The van der Waals surface area contributed by atoms with Crippen LogP contribution >= 0.6 is 11.3 Å². The van der Waals surface area contributed by atoms with Gasteiger partial charge in [0, 0.05) is 19.6 Å². The van der Waals surface area contributed by atoms with Crippen LogP contribution in [0.15, 0.2) is 24.3 Å². The van der Waals surface area contributed by atoms with Crippen molar-refractivity contribution in [2.45, 2.75) is 31.6 Å². The van der Waals surface area contributed by atoms with Crippen molar-refractivity contribution in [1.29, 1.82) is 0 Å². The lowest BCUT2D eigenvalue weighted by molar-refractivity contribution is 0.00446. The summed E-state index contributed by atoms with van der Waals surface area (Å²) in [5, 5.41) is 37.0. The molecule has 4 rings (SSSR count). The molecule has 1 fully saturated rings. The number of para-hydroxylation sites is 1. The first-order valence-electron chi connectivity index (χ1n) is 9.17. The molecule has 0 bridgehead atoms. The number of aliphatic hydroxyl groups excluding tert-OH is 3. The smallest absolute Gasteiger partial charge is 0.224 e. The van der Waals surface area contributed by atoms with Crippen molar-refractivity contribution < 1.29 is 15.3 Å². The second-order valence-corrected chi connectivity index (χ2v) is 8.03. The fourth-order valence-electron chi connectivity index (χ4n) is 3.65. The number of aryl methyl sites for hydroxylation is 1. The average molecular weight is 401 g/mol. The summed E-state index contributed by atoms with van der Waals surface area (Å²) in [4.78, 5) is 13.8. The third-order valence-corrected chi connectivity index (χ3v) is 6.23. The van der Waals surface area contributed by atoms with Gasteiger partial charge in [-0.2, -0.15) is 4.98 Å². The van der Waals surface area contributed by atoms with Gasteiger partial charge in [-0.3, -0.25) is 0 Å². The van der Waals surface area contributed by atoms with Crippen molar-refractivity contribution in [3.8, 4) is 10.6 Å². The van der Waals surface area contributed by atoms with E-state index in [9.17, 15) is 15.3 Å². The van der Waals surface area contributed by atoms with Crippen LogP contribution in [-0.2, 0) is 0 Å². The second kappa shape index (κ2) is 7.59. The molecule has 2 aromatic heterocycles. The zero-order chi connectivity index (χ0) is 19.8. The maximum Gasteiger partial charge on any atom is 0.224 e. The van der Waals surface area contributed by atoms with Crippen LogP contribution in [0.4, 0.5) is 11.8 Å². The van der Waals surface area contributed by atoms with Crippen LogP contribution in [0.1, 0.15) is 12.1 Å². The van der Waals surface area contributed by atoms with Gasteiger partial charge in [-0.1, -0.05) is 12.1 Å². The van der Waals surface area contributed by atoms with E-state index in [1.165, 1.54) is 0 Å². The van der Waals surface area contributed by atoms with Crippen molar-refractivity contribution >= 4 is 33.3 Å². The van der Waals surface area contributed by atoms with Crippen LogP contribution in [0.3, 0.4) is 0 Å². The van der Waals surface area contributed by atoms with Gasteiger partial charge >= 0.3 is 0 Å². The molecule has 1 aliphatic rings. The highest BCUT2D eigenvalue weighted by Crippen LogP contribution is 2.37. The van der Waals surface area contributed by atoms with E-state index in [-0.39, 0.29) is 12.5 Å². The van der Waals surface area contributed by atoms with Gasteiger partial charge in [-0.25, -0.2) is 9.97 Å². The monoisotopic (exact) mass is 401 g/mol. The van der Waals surface area contributed by atoms with E-state index in [1.807, 2.05) is 31.2 Å². The Morgan fingerprint density at radius 2 is 1.93 bits per heavy atom. The minimum atomic E-state index is -0.992. The predicted octanol–water partition coefficient (Wildman–Crippen LogP) is 1.62. The Labute approximate surface area is 166 Å². The zero-order valence-electron chi connectivity index (χ0n) is 15.6. The van der Waals surface area contributed by atoms with Crippen molar-refractivity contribution in [3.05, 3.63) is 30.0 Å². The molecule has 2 heterocycles. The van der Waals surface area contributed by atoms with E-state index in [4.69, 9.17) is 4.98 Å². The van der Waals surface area contributed by atoms with Gasteiger partial charge in [0.05, 0.1) is 33.6 Å². The number of aliphatic hydroxyl groups is 3. The average Bonchev–Trinajstić information content (AvgIpc) is 3.23. The number of rotatable bonds is 5. The quantitative estimate of drug-likeness (QED) is 0.437. The van der Waals surface area contributed by atoms with Crippen molar-refractivity contribution in [2.24, 2.45) is 5.92 Å². The fraction of sp³-hybridized carbons (Fsp3) is 0.421. The number of fused-ring (bicyclic) bond motifs is 1. The summed E-state index contributed by atoms with van der Waals surface area (Å²) in [7, 11) is 1.74. The molecule has 5 N–H and O–H groups in total. The number of nitrogens with zero attached hydrogens (tertiary/aromatic N) is 3. The summed E-state index contributed by atoms with van der Waals surface area (Å²) in [6.45, 7) is 1.72. The van der Waals surface area contributed by atoms with E-state index in [2.05, 4.69) is 20.6 Å². The third kappa shape index (κ3) is 3.30. The minimum Gasteiger partial charge on any atom is -0.396 e. The van der Waals surface area contributed by atoms with E-state index >= 15 is 0 Å². The van der Waals surface area contributed by atoms with E-state index in [1.54, 1.807) is 18.4 Å². The second-order valence-electron chi connectivity index (χ2n) is 7.00. The number of benzene rings is 1. The normalized spacial score (nSPS) is 24.6. The highest BCUT2D eigenvalue weighted by molar-refractivity contribution is 7.21. The molecule has 148 valence electrons. The highest BCUT2D eigenvalue weighted by Gasteiger charge is 2.41. The van der Waals surface area contributed by atoms with Crippen molar-refractivity contribution in [3.63, 3.8) is 0 Å². The molecule has 1 aromatic carbocycles. The van der Waals surface area contributed by atoms with Crippen molar-refractivity contribution in [2.75, 3.05) is 24.3 Å². The number of hydrogen-bond donors (Lipinski definition) is 5. The molecule has 3 aromatic rings. The minimum absolute atomic E-state index is 0.175. The van der Waals surface area contributed by atoms with Gasteiger partial charge in [0.1, 0.15) is 16.9 Å².